The highest BCUT2D eigenvalue weighted by Gasteiger charge is 2.30. The Labute approximate surface area is 238 Å². The van der Waals surface area contributed by atoms with Gasteiger partial charge in [-0.2, -0.15) is 0 Å². The Hall–Kier alpha value is -4.98. The molecule has 0 radical (unpaired) electrons. The van der Waals surface area contributed by atoms with Crippen LogP contribution in [0, 0.1) is 0 Å². The van der Waals surface area contributed by atoms with E-state index in [0.29, 0.717) is 5.31 Å². The van der Waals surface area contributed by atoms with E-state index in [4.69, 9.17) is 4.98 Å². The molecule has 196 valence electrons. The Balaban J connectivity index is 1.40. The summed E-state index contributed by atoms with van der Waals surface area (Å²) in [5.74, 6) is 0. The topological polar surface area (TPSA) is 34.4 Å². The van der Waals surface area contributed by atoms with E-state index in [1.165, 1.54) is 5.39 Å². The number of allylic oxidation sites excluding steroid dienone is 4. The largest absolute Gasteiger partial charge is 0.309 e. The van der Waals surface area contributed by atoms with Crippen LogP contribution in [0.1, 0.15) is 0 Å². The molecule has 2 heterocycles. The standard InChI is InChI=1S/C37H27N2OP/c1-3-12-28(4-2)41(40,29-13-6-5-7-14-29)30-22-19-26(20-23-30)27-21-24-32-33(25-27)31-15-8-10-17-35(31)39-36-18-11-9-16-34(36)38-37(32)39/h3-25H,1-2H2/b28-12+. The third-order valence-corrected chi connectivity index (χ3v) is 10.9. The molecule has 0 bridgehead atoms. The number of nitrogens with zero attached hydrogens (tertiary/aromatic N) is 2. The number of benzene rings is 5. The highest BCUT2D eigenvalue weighted by molar-refractivity contribution is 7.82. The molecule has 7 aromatic rings. The maximum Gasteiger partial charge on any atom is 0.170 e. The zero-order valence-corrected chi connectivity index (χ0v) is 23.3. The van der Waals surface area contributed by atoms with Crippen LogP contribution in [0.15, 0.2) is 158 Å². The molecule has 2 aromatic heterocycles. The van der Waals surface area contributed by atoms with Crippen molar-refractivity contribution in [3.8, 4) is 11.1 Å². The molecule has 3 nitrogen and oxygen atoms in total. The van der Waals surface area contributed by atoms with E-state index < -0.39 is 7.14 Å². The van der Waals surface area contributed by atoms with Gasteiger partial charge in [0.2, 0.25) is 0 Å². The molecular formula is C37H27N2OP. The van der Waals surface area contributed by atoms with E-state index in [1.807, 2.05) is 48.5 Å². The molecule has 0 N–H and O–H groups in total. The second kappa shape index (κ2) is 9.89. The van der Waals surface area contributed by atoms with Crippen LogP contribution in [0.5, 0.6) is 0 Å². The van der Waals surface area contributed by atoms with Gasteiger partial charge in [0, 0.05) is 26.7 Å². The highest BCUT2D eigenvalue weighted by atomic mass is 31.2. The minimum atomic E-state index is -3.12. The lowest BCUT2D eigenvalue weighted by molar-refractivity contribution is 0.591. The van der Waals surface area contributed by atoms with Gasteiger partial charge < -0.3 is 4.57 Å². The van der Waals surface area contributed by atoms with Gasteiger partial charge in [-0.3, -0.25) is 4.40 Å². The summed E-state index contributed by atoms with van der Waals surface area (Å²) in [5, 5.41) is 5.64. The van der Waals surface area contributed by atoms with Gasteiger partial charge in [0.05, 0.1) is 16.6 Å². The Morgan fingerprint density at radius 3 is 2.07 bits per heavy atom. The number of hydrogen-bond donors (Lipinski definition) is 0. The summed E-state index contributed by atoms with van der Waals surface area (Å²) in [4.78, 5) is 5.01. The second-order valence-electron chi connectivity index (χ2n) is 10.1. The molecular weight excluding hydrogens is 519 g/mol. The first-order valence-electron chi connectivity index (χ1n) is 13.6. The summed E-state index contributed by atoms with van der Waals surface area (Å²) in [5.41, 5.74) is 6.32. The van der Waals surface area contributed by atoms with Crippen molar-refractivity contribution in [2.24, 2.45) is 0 Å². The predicted octanol–water partition coefficient (Wildman–Crippen LogP) is 9.03. The molecule has 41 heavy (non-hydrogen) atoms. The lowest BCUT2D eigenvalue weighted by Gasteiger charge is -2.21. The molecule has 0 amide bonds. The number of imidazole rings is 1. The minimum Gasteiger partial charge on any atom is -0.309 e. The molecule has 0 spiro atoms. The summed E-state index contributed by atoms with van der Waals surface area (Å²) < 4.78 is 17.0. The van der Waals surface area contributed by atoms with E-state index in [0.717, 1.165) is 54.7 Å². The summed E-state index contributed by atoms with van der Waals surface area (Å²) in [6.45, 7) is 7.79. The van der Waals surface area contributed by atoms with Crippen molar-refractivity contribution in [3.05, 3.63) is 158 Å². The van der Waals surface area contributed by atoms with Gasteiger partial charge in [0.25, 0.3) is 0 Å². The third kappa shape index (κ3) is 3.89. The van der Waals surface area contributed by atoms with Gasteiger partial charge >= 0.3 is 0 Å². The molecule has 7 rings (SSSR count). The zero-order valence-electron chi connectivity index (χ0n) is 22.4. The van der Waals surface area contributed by atoms with Gasteiger partial charge in [-0.25, -0.2) is 4.98 Å². The summed E-state index contributed by atoms with van der Waals surface area (Å²) in [6, 6.07) is 41.0. The fourth-order valence-corrected chi connectivity index (χ4v) is 8.49. The Kier molecular flexibility index (Phi) is 6.03. The fourth-order valence-electron chi connectivity index (χ4n) is 5.86. The molecule has 0 aliphatic rings. The quantitative estimate of drug-likeness (QED) is 0.118. The molecule has 1 atom stereocenters. The van der Waals surface area contributed by atoms with Gasteiger partial charge in [-0.15, -0.1) is 0 Å². The lowest BCUT2D eigenvalue weighted by Crippen LogP contribution is -2.17. The predicted molar refractivity (Wildman–Crippen MR) is 175 cm³/mol. The average Bonchev–Trinajstić information content (AvgIpc) is 3.44. The summed E-state index contributed by atoms with van der Waals surface area (Å²) in [6.07, 6.45) is 5.14. The first kappa shape index (κ1) is 25.0. The van der Waals surface area contributed by atoms with Crippen molar-refractivity contribution in [1.82, 2.24) is 9.38 Å². The number of hydrogen-bond acceptors (Lipinski definition) is 2. The Morgan fingerprint density at radius 1 is 0.659 bits per heavy atom. The van der Waals surface area contributed by atoms with Crippen LogP contribution in [0.4, 0.5) is 0 Å². The van der Waals surface area contributed by atoms with Crippen LogP contribution in [0.25, 0.3) is 49.5 Å². The lowest BCUT2D eigenvalue weighted by atomic mass is 9.99. The zero-order chi connectivity index (χ0) is 28.0. The van der Waals surface area contributed by atoms with Crippen LogP contribution < -0.4 is 10.6 Å². The van der Waals surface area contributed by atoms with E-state index in [2.05, 4.69) is 90.4 Å². The van der Waals surface area contributed by atoms with E-state index >= 15 is 0 Å². The van der Waals surface area contributed by atoms with Crippen molar-refractivity contribution >= 4 is 56.1 Å². The normalized spacial score (nSPS) is 13.5. The van der Waals surface area contributed by atoms with Crippen molar-refractivity contribution in [2.75, 3.05) is 0 Å². The van der Waals surface area contributed by atoms with Gasteiger partial charge in [0.15, 0.2) is 7.14 Å². The molecule has 0 saturated heterocycles. The maximum absolute atomic E-state index is 14.7. The number of fused-ring (bicyclic) bond motifs is 8. The van der Waals surface area contributed by atoms with E-state index in [-0.39, 0.29) is 0 Å². The molecule has 0 saturated carbocycles. The van der Waals surface area contributed by atoms with Crippen molar-refractivity contribution in [1.29, 1.82) is 0 Å². The van der Waals surface area contributed by atoms with Gasteiger partial charge in [-0.1, -0.05) is 122 Å². The van der Waals surface area contributed by atoms with E-state index in [9.17, 15) is 4.57 Å². The Morgan fingerprint density at radius 2 is 1.32 bits per heavy atom. The summed E-state index contributed by atoms with van der Waals surface area (Å²) >= 11 is 0. The van der Waals surface area contributed by atoms with Gasteiger partial charge in [0.1, 0.15) is 5.65 Å². The molecule has 0 fully saturated rings. The first-order chi connectivity index (χ1) is 20.1. The van der Waals surface area contributed by atoms with Crippen LogP contribution in [0.3, 0.4) is 0 Å². The number of pyridine rings is 1. The minimum absolute atomic E-state index is 0.666. The smallest absolute Gasteiger partial charge is 0.170 e. The van der Waals surface area contributed by atoms with Crippen LogP contribution in [-0.2, 0) is 4.57 Å². The molecule has 0 aliphatic heterocycles. The SMILES string of the molecule is C=C/C=C(\C=C)P(=O)(c1ccccc1)c1ccc(-c2ccc3c(c2)c2ccccc2n2c4ccccc4nc32)cc1. The second-order valence-corrected chi connectivity index (χ2v) is 12.8. The van der Waals surface area contributed by atoms with Crippen molar-refractivity contribution in [3.63, 3.8) is 0 Å². The summed E-state index contributed by atoms with van der Waals surface area (Å²) in [7, 11) is -3.12. The first-order valence-corrected chi connectivity index (χ1v) is 15.3. The molecule has 0 aliphatic carbocycles. The van der Waals surface area contributed by atoms with Crippen LogP contribution >= 0.6 is 7.14 Å². The molecule has 5 aromatic carbocycles. The van der Waals surface area contributed by atoms with E-state index in [1.54, 1.807) is 18.2 Å². The number of aromatic nitrogens is 2. The highest BCUT2D eigenvalue weighted by Crippen LogP contribution is 2.52. The number of para-hydroxylation sites is 3. The van der Waals surface area contributed by atoms with Crippen molar-refractivity contribution < 1.29 is 4.57 Å². The molecule has 1 unspecified atom stereocenters. The van der Waals surface area contributed by atoms with Crippen LogP contribution in [-0.4, -0.2) is 9.38 Å². The van der Waals surface area contributed by atoms with Crippen molar-refractivity contribution in [2.45, 2.75) is 0 Å². The monoisotopic (exact) mass is 546 g/mol. The fraction of sp³-hybridized carbons (Fsp3) is 0. The Bertz CT molecular complexity index is 2210. The average molecular weight is 547 g/mol. The maximum atomic E-state index is 14.7. The third-order valence-electron chi connectivity index (χ3n) is 7.80. The van der Waals surface area contributed by atoms with Gasteiger partial charge in [-0.05, 0) is 46.8 Å². The molecule has 4 heteroatoms. The number of rotatable bonds is 6. The van der Waals surface area contributed by atoms with Crippen LogP contribution in [0.2, 0.25) is 0 Å².